The van der Waals surface area contributed by atoms with E-state index in [0.29, 0.717) is 13.2 Å². The van der Waals surface area contributed by atoms with Crippen LogP contribution >= 0.6 is 0 Å². The van der Waals surface area contributed by atoms with Crippen LogP contribution in [0.15, 0.2) is 54.6 Å². The number of carbonyl (C=O) groups is 1. The van der Waals surface area contributed by atoms with Crippen LogP contribution in [0.2, 0.25) is 0 Å². The van der Waals surface area contributed by atoms with Gasteiger partial charge in [0.05, 0.1) is 5.54 Å². The standard InChI is InChI=1S/C18H22N2O2/c1-18(2,19)17(21)20-12-15-10-6-7-11-16(15)22-13-14-8-4-3-5-9-14/h3-11H,12-13,19H2,1-2H3,(H,20,21). The van der Waals surface area contributed by atoms with Crippen molar-refractivity contribution in [3.8, 4) is 5.75 Å². The Morgan fingerprint density at radius 3 is 2.41 bits per heavy atom. The van der Waals surface area contributed by atoms with E-state index in [-0.39, 0.29) is 5.91 Å². The number of para-hydroxylation sites is 1. The van der Waals surface area contributed by atoms with Crippen LogP contribution in [0.5, 0.6) is 5.75 Å². The highest BCUT2D eigenvalue weighted by Crippen LogP contribution is 2.19. The topological polar surface area (TPSA) is 64.4 Å². The number of hydrogen-bond acceptors (Lipinski definition) is 3. The van der Waals surface area contributed by atoms with Crippen molar-refractivity contribution in [2.24, 2.45) is 5.73 Å². The molecule has 2 aromatic rings. The minimum atomic E-state index is -0.889. The van der Waals surface area contributed by atoms with Crippen LogP contribution in [-0.2, 0) is 17.9 Å². The summed E-state index contributed by atoms with van der Waals surface area (Å²) in [5.74, 6) is 0.576. The average Bonchev–Trinajstić information content (AvgIpc) is 2.51. The highest BCUT2D eigenvalue weighted by atomic mass is 16.5. The Hall–Kier alpha value is -2.33. The average molecular weight is 298 g/mol. The van der Waals surface area contributed by atoms with Gasteiger partial charge in [0.15, 0.2) is 0 Å². The van der Waals surface area contributed by atoms with Crippen molar-refractivity contribution >= 4 is 5.91 Å². The van der Waals surface area contributed by atoms with Gasteiger partial charge in [-0.05, 0) is 25.5 Å². The van der Waals surface area contributed by atoms with Crippen molar-refractivity contribution in [3.05, 3.63) is 65.7 Å². The van der Waals surface area contributed by atoms with Gasteiger partial charge >= 0.3 is 0 Å². The maximum atomic E-state index is 11.9. The van der Waals surface area contributed by atoms with Crippen molar-refractivity contribution in [2.45, 2.75) is 32.5 Å². The Morgan fingerprint density at radius 2 is 1.73 bits per heavy atom. The molecule has 2 aromatic carbocycles. The van der Waals surface area contributed by atoms with Gasteiger partial charge in [0.2, 0.25) is 5.91 Å². The normalized spacial score (nSPS) is 11.0. The van der Waals surface area contributed by atoms with E-state index < -0.39 is 5.54 Å². The van der Waals surface area contributed by atoms with E-state index in [1.165, 1.54) is 0 Å². The van der Waals surface area contributed by atoms with E-state index in [1.807, 2.05) is 54.6 Å². The zero-order chi connectivity index (χ0) is 16.0. The third kappa shape index (κ3) is 4.60. The maximum Gasteiger partial charge on any atom is 0.239 e. The number of carbonyl (C=O) groups excluding carboxylic acids is 1. The van der Waals surface area contributed by atoms with Gasteiger partial charge in [-0.15, -0.1) is 0 Å². The lowest BCUT2D eigenvalue weighted by atomic mass is 10.1. The maximum absolute atomic E-state index is 11.9. The number of hydrogen-bond donors (Lipinski definition) is 2. The Bertz CT molecular complexity index is 618. The fourth-order valence-corrected chi connectivity index (χ4v) is 1.93. The van der Waals surface area contributed by atoms with Gasteiger partial charge in [-0.1, -0.05) is 48.5 Å². The minimum absolute atomic E-state index is 0.189. The first-order chi connectivity index (χ1) is 10.5. The van der Waals surface area contributed by atoms with Gasteiger partial charge in [0, 0.05) is 12.1 Å². The van der Waals surface area contributed by atoms with Crippen molar-refractivity contribution < 1.29 is 9.53 Å². The SMILES string of the molecule is CC(C)(N)C(=O)NCc1ccccc1OCc1ccccc1. The molecule has 2 rings (SSSR count). The fourth-order valence-electron chi connectivity index (χ4n) is 1.93. The van der Waals surface area contributed by atoms with Gasteiger partial charge in [0.25, 0.3) is 0 Å². The third-order valence-electron chi connectivity index (χ3n) is 3.23. The number of benzene rings is 2. The molecule has 0 aliphatic rings. The summed E-state index contributed by atoms with van der Waals surface area (Å²) < 4.78 is 5.86. The molecule has 4 nitrogen and oxygen atoms in total. The third-order valence-corrected chi connectivity index (χ3v) is 3.23. The summed E-state index contributed by atoms with van der Waals surface area (Å²) in [5, 5.41) is 2.83. The first-order valence-electron chi connectivity index (χ1n) is 7.28. The molecule has 1 amide bonds. The summed E-state index contributed by atoms with van der Waals surface area (Å²) in [4.78, 5) is 11.9. The first kappa shape index (κ1) is 16.0. The van der Waals surface area contributed by atoms with Gasteiger partial charge in [-0.3, -0.25) is 4.79 Å². The van der Waals surface area contributed by atoms with Gasteiger partial charge < -0.3 is 15.8 Å². The molecule has 0 fully saturated rings. The lowest BCUT2D eigenvalue weighted by molar-refractivity contribution is -0.125. The van der Waals surface area contributed by atoms with Gasteiger partial charge in [-0.25, -0.2) is 0 Å². The molecule has 22 heavy (non-hydrogen) atoms. The molecule has 0 saturated heterocycles. The summed E-state index contributed by atoms with van der Waals surface area (Å²) in [6.07, 6.45) is 0. The molecule has 0 aliphatic carbocycles. The number of nitrogens with two attached hydrogens (primary N) is 1. The second kappa shape index (κ2) is 7.09. The lowest BCUT2D eigenvalue weighted by Crippen LogP contribution is -2.48. The smallest absolute Gasteiger partial charge is 0.239 e. The Labute approximate surface area is 131 Å². The monoisotopic (exact) mass is 298 g/mol. The van der Waals surface area contributed by atoms with Gasteiger partial charge in [0.1, 0.15) is 12.4 Å². The van der Waals surface area contributed by atoms with Crippen LogP contribution in [0.3, 0.4) is 0 Å². The van der Waals surface area contributed by atoms with Crippen molar-refractivity contribution in [2.75, 3.05) is 0 Å². The van der Waals surface area contributed by atoms with Crippen molar-refractivity contribution in [1.29, 1.82) is 0 Å². The fraction of sp³-hybridized carbons (Fsp3) is 0.278. The largest absolute Gasteiger partial charge is 0.489 e. The molecule has 0 aliphatic heterocycles. The zero-order valence-corrected chi connectivity index (χ0v) is 13.0. The molecule has 0 radical (unpaired) electrons. The van der Waals surface area contributed by atoms with Crippen molar-refractivity contribution in [1.82, 2.24) is 5.32 Å². The molecule has 0 spiro atoms. The van der Waals surface area contributed by atoms with E-state index in [4.69, 9.17) is 10.5 Å². The number of ether oxygens (including phenoxy) is 1. The van der Waals surface area contributed by atoms with Crippen LogP contribution in [0, 0.1) is 0 Å². The number of nitrogens with one attached hydrogen (secondary N) is 1. The molecular weight excluding hydrogens is 276 g/mol. The molecule has 0 atom stereocenters. The van der Waals surface area contributed by atoms with Crippen LogP contribution in [0.25, 0.3) is 0 Å². The molecule has 0 saturated carbocycles. The first-order valence-corrected chi connectivity index (χ1v) is 7.28. The quantitative estimate of drug-likeness (QED) is 0.861. The predicted octanol–water partition coefficient (Wildman–Crippen LogP) is 2.62. The summed E-state index contributed by atoms with van der Waals surface area (Å²) in [7, 11) is 0. The van der Waals surface area contributed by atoms with Crippen LogP contribution in [0.4, 0.5) is 0 Å². The molecule has 116 valence electrons. The Morgan fingerprint density at radius 1 is 1.09 bits per heavy atom. The summed E-state index contributed by atoms with van der Waals surface area (Å²) in [6, 6.07) is 17.6. The van der Waals surface area contributed by atoms with Crippen LogP contribution in [-0.4, -0.2) is 11.4 Å². The van der Waals surface area contributed by atoms with Crippen LogP contribution in [0.1, 0.15) is 25.0 Å². The van der Waals surface area contributed by atoms with Gasteiger partial charge in [-0.2, -0.15) is 0 Å². The van der Waals surface area contributed by atoms with Crippen LogP contribution < -0.4 is 15.8 Å². The molecule has 0 aromatic heterocycles. The van der Waals surface area contributed by atoms with E-state index in [9.17, 15) is 4.79 Å². The Balaban J connectivity index is 1.99. The second-order valence-corrected chi connectivity index (χ2v) is 5.79. The summed E-state index contributed by atoms with van der Waals surface area (Å²) in [5.41, 5.74) is 6.91. The van der Waals surface area contributed by atoms with E-state index in [0.717, 1.165) is 16.9 Å². The molecule has 0 unspecified atom stereocenters. The summed E-state index contributed by atoms with van der Waals surface area (Å²) >= 11 is 0. The molecule has 4 heteroatoms. The summed E-state index contributed by atoms with van der Waals surface area (Å²) in [6.45, 7) is 4.25. The minimum Gasteiger partial charge on any atom is -0.489 e. The number of rotatable bonds is 6. The number of amides is 1. The molecule has 3 N–H and O–H groups in total. The lowest BCUT2D eigenvalue weighted by Gasteiger charge is -2.18. The van der Waals surface area contributed by atoms with Crippen molar-refractivity contribution in [3.63, 3.8) is 0 Å². The van der Waals surface area contributed by atoms with E-state index in [1.54, 1.807) is 13.8 Å². The Kier molecular flexibility index (Phi) is 5.17. The molecule has 0 heterocycles. The molecular formula is C18H22N2O2. The molecule has 0 bridgehead atoms. The highest BCUT2D eigenvalue weighted by Gasteiger charge is 2.21. The highest BCUT2D eigenvalue weighted by molar-refractivity contribution is 5.85. The predicted molar refractivity (Wildman–Crippen MR) is 87.3 cm³/mol. The van der Waals surface area contributed by atoms with E-state index >= 15 is 0 Å². The second-order valence-electron chi connectivity index (χ2n) is 5.79. The van der Waals surface area contributed by atoms with E-state index in [2.05, 4.69) is 5.32 Å². The zero-order valence-electron chi connectivity index (χ0n) is 13.0.